The lowest BCUT2D eigenvalue weighted by atomic mass is 10.1. The molecule has 0 unspecified atom stereocenters. The van der Waals surface area contributed by atoms with E-state index in [2.05, 4.69) is 0 Å². The van der Waals surface area contributed by atoms with Crippen molar-refractivity contribution in [1.82, 2.24) is 0 Å². The van der Waals surface area contributed by atoms with Gasteiger partial charge in [-0.3, -0.25) is 5.41 Å². The average molecular weight is 297 g/mol. The Hall–Kier alpha value is -1.71. The Balaban J connectivity index is 0.00000180. The van der Waals surface area contributed by atoms with Crippen molar-refractivity contribution >= 4 is 29.8 Å². The molecule has 3 nitrogen and oxygen atoms in total. The summed E-state index contributed by atoms with van der Waals surface area (Å²) in [5, 5.41) is 8.07. The van der Waals surface area contributed by atoms with Crippen LogP contribution in [0.4, 0.5) is 0 Å². The van der Waals surface area contributed by atoms with Gasteiger partial charge in [0.05, 0.1) is 5.02 Å². The van der Waals surface area contributed by atoms with Crippen LogP contribution in [-0.2, 0) is 6.61 Å². The molecule has 0 aromatic heterocycles. The third-order valence-electron chi connectivity index (χ3n) is 2.53. The highest BCUT2D eigenvalue weighted by atomic mass is 35.5. The van der Waals surface area contributed by atoms with Gasteiger partial charge < -0.3 is 10.5 Å². The van der Waals surface area contributed by atoms with E-state index in [9.17, 15) is 0 Å². The van der Waals surface area contributed by atoms with Crippen LogP contribution in [0.5, 0.6) is 5.75 Å². The lowest BCUT2D eigenvalue weighted by Crippen LogP contribution is -2.14. The van der Waals surface area contributed by atoms with E-state index in [1.54, 1.807) is 18.2 Å². The van der Waals surface area contributed by atoms with Crippen molar-refractivity contribution in [1.29, 1.82) is 5.41 Å². The molecule has 19 heavy (non-hydrogen) atoms. The second-order valence-corrected chi connectivity index (χ2v) is 4.20. The molecule has 0 aliphatic heterocycles. The maximum Gasteiger partial charge on any atom is 0.138 e. The predicted octanol–water partition coefficient (Wildman–Crippen LogP) is 3.62. The Bertz CT molecular complexity index is 573. The van der Waals surface area contributed by atoms with Gasteiger partial charge in [-0.1, -0.05) is 48.0 Å². The van der Waals surface area contributed by atoms with Gasteiger partial charge in [-0.2, -0.15) is 0 Å². The molecule has 2 rings (SSSR count). The molecular weight excluding hydrogens is 283 g/mol. The number of benzene rings is 2. The van der Waals surface area contributed by atoms with Crippen molar-refractivity contribution in [3.63, 3.8) is 0 Å². The summed E-state index contributed by atoms with van der Waals surface area (Å²) in [7, 11) is 0. The molecule has 0 aliphatic rings. The molecule has 0 bridgehead atoms. The second kappa shape index (κ2) is 7.02. The van der Waals surface area contributed by atoms with Gasteiger partial charge in [0.25, 0.3) is 0 Å². The van der Waals surface area contributed by atoms with Gasteiger partial charge in [-0.05, 0) is 12.1 Å². The molecule has 0 saturated carbocycles. The first-order valence-corrected chi connectivity index (χ1v) is 5.86. The van der Waals surface area contributed by atoms with Crippen LogP contribution in [0.25, 0.3) is 0 Å². The van der Waals surface area contributed by atoms with Crippen molar-refractivity contribution in [2.24, 2.45) is 5.73 Å². The van der Waals surface area contributed by atoms with Crippen molar-refractivity contribution < 1.29 is 4.74 Å². The number of hydrogen-bond donors (Lipinski definition) is 2. The van der Waals surface area contributed by atoms with Gasteiger partial charge >= 0.3 is 0 Å². The van der Waals surface area contributed by atoms with Crippen LogP contribution >= 0.6 is 24.0 Å². The van der Waals surface area contributed by atoms with Crippen LogP contribution in [0.2, 0.25) is 5.02 Å². The van der Waals surface area contributed by atoms with Crippen molar-refractivity contribution in [3.8, 4) is 5.75 Å². The van der Waals surface area contributed by atoms with Crippen molar-refractivity contribution in [2.45, 2.75) is 6.61 Å². The van der Waals surface area contributed by atoms with E-state index in [-0.39, 0.29) is 18.2 Å². The minimum absolute atomic E-state index is 0. The standard InChI is InChI=1S/C14H13ClN2O.ClH/c15-12-7-3-4-8-13(12)18-9-10-5-1-2-6-11(10)14(16)17;/h1-8H,9H2,(H3,16,17);1H. The molecule has 2 aromatic rings. The summed E-state index contributed by atoms with van der Waals surface area (Å²) in [6, 6.07) is 14.7. The summed E-state index contributed by atoms with van der Waals surface area (Å²) in [5.41, 5.74) is 7.07. The fraction of sp³-hybridized carbons (Fsp3) is 0.0714. The maximum atomic E-state index is 7.50. The summed E-state index contributed by atoms with van der Waals surface area (Å²) >= 11 is 6.00. The zero-order valence-corrected chi connectivity index (χ0v) is 11.7. The monoisotopic (exact) mass is 296 g/mol. The quantitative estimate of drug-likeness (QED) is 0.669. The summed E-state index contributed by atoms with van der Waals surface area (Å²) in [6.45, 7) is 0.333. The first-order valence-electron chi connectivity index (χ1n) is 5.48. The van der Waals surface area contributed by atoms with Crippen LogP contribution in [0, 0.1) is 5.41 Å². The molecule has 0 heterocycles. The summed E-state index contributed by atoms with van der Waals surface area (Å²) in [5.74, 6) is 0.658. The molecule has 5 heteroatoms. The van der Waals surface area contributed by atoms with Crippen LogP contribution in [-0.4, -0.2) is 5.84 Å². The molecule has 0 saturated heterocycles. The number of halogens is 2. The van der Waals surface area contributed by atoms with E-state index >= 15 is 0 Å². The Morgan fingerprint density at radius 3 is 2.42 bits per heavy atom. The molecule has 0 atom stereocenters. The molecule has 0 fully saturated rings. The van der Waals surface area contributed by atoms with Crippen LogP contribution in [0.15, 0.2) is 48.5 Å². The Morgan fingerprint density at radius 1 is 1.11 bits per heavy atom. The summed E-state index contributed by atoms with van der Waals surface area (Å²) < 4.78 is 5.63. The highest BCUT2D eigenvalue weighted by molar-refractivity contribution is 6.32. The van der Waals surface area contributed by atoms with Crippen LogP contribution in [0.3, 0.4) is 0 Å². The second-order valence-electron chi connectivity index (χ2n) is 3.79. The minimum Gasteiger partial charge on any atom is -0.487 e. The Labute approximate surface area is 123 Å². The van der Waals surface area contributed by atoms with Gasteiger partial charge in [0.1, 0.15) is 18.2 Å². The Morgan fingerprint density at radius 2 is 1.74 bits per heavy atom. The lowest BCUT2D eigenvalue weighted by Gasteiger charge is -2.10. The first-order chi connectivity index (χ1) is 8.68. The third kappa shape index (κ3) is 3.88. The van der Waals surface area contributed by atoms with E-state index in [0.717, 1.165) is 5.56 Å². The van der Waals surface area contributed by atoms with Crippen molar-refractivity contribution in [3.05, 3.63) is 64.7 Å². The summed E-state index contributed by atoms with van der Waals surface area (Å²) in [4.78, 5) is 0. The number of ether oxygens (including phenoxy) is 1. The largest absolute Gasteiger partial charge is 0.487 e. The fourth-order valence-corrected chi connectivity index (χ4v) is 1.82. The number of rotatable bonds is 4. The topological polar surface area (TPSA) is 59.1 Å². The van der Waals surface area contributed by atoms with Gasteiger partial charge in [-0.15, -0.1) is 12.4 Å². The molecule has 3 N–H and O–H groups in total. The number of nitrogen functional groups attached to an aromatic ring is 1. The molecular formula is C14H14Cl2N2O. The molecule has 0 spiro atoms. The molecule has 2 aromatic carbocycles. The number of nitrogens with one attached hydrogen (secondary N) is 1. The SMILES string of the molecule is Cl.N=C(N)c1ccccc1COc1ccccc1Cl. The van der Waals surface area contributed by atoms with E-state index < -0.39 is 0 Å². The van der Waals surface area contributed by atoms with E-state index in [1.165, 1.54) is 0 Å². The first kappa shape index (κ1) is 15.3. The average Bonchev–Trinajstić information content (AvgIpc) is 2.38. The molecule has 0 amide bonds. The van der Waals surface area contributed by atoms with Gasteiger partial charge in [0.15, 0.2) is 0 Å². The van der Waals surface area contributed by atoms with Crippen LogP contribution in [0.1, 0.15) is 11.1 Å². The summed E-state index contributed by atoms with van der Waals surface area (Å²) in [6.07, 6.45) is 0. The number of hydrogen-bond acceptors (Lipinski definition) is 2. The van der Waals surface area contributed by atoms with E-state index in [0.29, 0.717) is 22.9 Å². The molecule has 0 aliphatic carbocycles. The zero-order chi connectivity index (χ0) is 13.0. The smallest absolute Gasteiger partial charge is 0.138 e. The highest BCUT2D eigenvalue weighted by Crippen LogP contribution is 2.24. The highest BCUT2D eigenvalue weighted by Gasteiger charge is 2.06. The fourth-order valence-electron chi connectivity index (χ4n) is 1.63. The third-order valence-corrected chi connectivity index (χ3v) is 2.84. The van der Waals surface area contributed by atoms with Crippen molar-refractivity contribution in [2.75, 3.05) is 0 Å². The van der Waals surface area contributed by atoms with Gasteiger partial charge in [-0.25, -0.2) is 0 Å². The normalized spacial score (nSPS) is 9.53. The number of para-hydroxylation sites is 1. The maximum absolute atomic E-state index is 7.50. The lowest BCUT2D eigenvalue weighted by molar-refractivity contribution is 0.306. The molecule has 0 radical (unpaired) electrons. The molecule has 100 valence electrons. The van der Waals surface area contributed by atoms with Gasteiger partial charge in [0.2, 0.25) is 0 Å². The van der Waals surface area contributed by atoms with E-state index in [1.807, 2.05) is 30.3 Å². The van der Waals surface area contributed by atoms with E-state index in [4.69, 9.17) is 27.5 Å². The Kier molecular flexibility index (Phi) is 5.67. The van der Waals surface area contributed by atoms with Crippen LogP contribution < -0.4 is 10.5 Å². The number of nitrogens with two attached hydrogens (primary N) is 1. The number of amidine groups is 1. The minimum atomic E-state index is 0. The zero-order valence-electron chi connectivity index (χ0n) is 10.1. The van der Waals surface area contributed by atoms with Gasteiger partial charge in [0, 0.05) is 11.1 Å². The predicted molar refractivity (Wildman–Crippen MR) is 80.5 cm³/mol.